The number of alkyl halides is 3. The van der Waals surface area contributed by atoms with Gasteiger partial charge in [-0.2, -0.15) is 13.2 Å². The molecule has 0 aliphatic carbocycles. The summed E-state index contributed by atoms with van der Waals surface area (Å²) in [5.74, 6) is -1.46. The first-order valence-corrected chi connectivity index (χ1v) is 5.31. The minimum atomic E-state index is -4.22. The Kier molecular flexibility index (Phi) is 2.64. The van der Waals surface area contributed by atoms with Crippen molar-refractivity contribution in [2.45, 2.75) is 32.9 Å². The van der Waals surface area contributed by atoms with E-state index in [0.29, 0.717) is 16.8 Å². The molecule has 0 saturated carbocycles. The molecule has 0 bridgehead atoms. The lowest BCUT2D eigenvalue weighted by Crippen LogP contribution is -2.19. The Bertz CT molecular complexity index is 555. The molecule has 2 nitrogen and oxygen atoms in total. The number of rotatable bonds is 1. The van der Waals surface area contributed by atoms with Crippen molar-refractivity contribution in [3.63, 3.8) is 0 Å². The molecular weight excluding hydrogens is 229 g/mol. The number of imidazole rings is 1. The number of hydrogen-bond donors (Lipinski definition) is 0. The standard InChI is InChI=1S/C12H13F3N2/c1-7-4-11-16-5-8(2)17(11)6-10(7)9(3)12(13,14)15/h4-6,9H,1-3H3. The lowest BCUT2D eigenvalue weighted by atomic mass is 9.98. The number of aromatic nitrogens is 2. The minimum absolute atomic E-state index is 0.297. The van der Waals surface area contributed by atoms with Gasteiger partial charge in [0.15, 0.2) is 0 Å². The van der Waals surface area contributed by atoms with Gasteiger partial charge in [0.25, 0.3) is 0 Å². The van der Waals surface area contributed by atoms with E-state index < -0.39 is 12.1 Å². The zero-order chi connectivity index (χ0) is 12.8. The molecule has 0 aliphatic rings. The van der Waals surface area contributed by atoms with Crippen LogP contribution in [-0.4, -0.2) is 15.6 Å². The average molecular weight is 242 g/mol. The van der Waals surface area contributed by atoms with Crippen LogP contribution in [0.25, 0.3) is 5.65 Å². The molecule has 0 aromatic carbocycles. The molecule has 5 heteroatoms. The Morgan fingerprint density at radius 3 is 2.53 bits per heavy atom. The maximum Gasteiger partial charge on any atom is 0.395 e. The second-order valence-electron chi connectivity index (χ2n) is 4.30. The molecule has 17 heavy (non-hydrogen) atoms. The maximum absolute atomic E-state index is 12.7. The number of halogens is 3. The summed E-state index contributed by atoms with van der Waals surface area (Å²) in [6.07, 6.45) is -1.03. The third kappa shape index (κ3) is 2.01. The highest BCUT2D eigenvalue weighted by molar-refractivity contribution is 5.46. The summed E-state index contributed by atoms with van der Waals surface area (Å²) < 4.78 is 39.8. The van der Waals surface area contributed by atoms with E-state index in [1.54, 1.807) is 23.6 Å². The summed E-state index contributed by atoms with van der Waals surface area (Å²) >= 11 is 0. The lowest BCUT2D eigenvalue weighted by Gasteiger charge is -2.18. The van der Waals surface area contributed by atoms with Crippen molar-refractivity contribution in [3.05, 3.63) is 35.3 Å². The van der Waals surface area contributed by atoms with Gasteiger partial charge in [-0.1, -0.05) is 0 Å². The quantitative estimate of drug-likeness (QED) is 0.746. The molecule has 0 N–H and O–H groups in total. The van der Waals surface area contributed by atoms with Gasteiger partial charge in [0.2, 0.25) is 0 Å². The van der Waals surface area contributed by atoms with Crippen LogP contribution in [0.5, 0.6) is 0 Å². The van der Waals surface area contributed by atoms with Crippen molar-refractivity contribution in [3.8, 4) is 0 Å². The van der Waals surface area contributed by atoms with Crippen molar-refractivity contribution < 1.29 is 13.2 Å². The Hall–Kier alpha value is -1.52. The molecule has 0 spiro atoms. The fourth-order valence-electron chi connectivity index (χ4n) is 1.89. The molecule has 1 unspecified atom stereocenters. The second-order valence-corrected chi connectivity index (χ2v) is 4.30. The van der Waals surface area contributed by atoms with E-state index in [1.165, 1.54) is 13.1 Å². The zero-order valence-electron chi connectivity index (χ0n) is 9.84. The molecule has 0 saturated heterocycles. The number of aryl methyl sites for hydroxylation is 2. The number of hydrogen-bond acceptors (Lipinski definition) is 1. The minimum Gasteiger partial charge on any atom is -0.304 e. The van der Waals surface area contributed by atoms with Crippen molar-refractivity contribution in [2.24, 2.45) is 0 Å². The Morgan fingerprint density at radius 2 is 1.94 bits per heavy atom. The van der Waals surface area contributed by atoms with Crippen LogP contribution in [0.4, 0.5) is 13.2 Å². The van der Waals surface area contributed by atoms with Crippen LogP contribution >= 0.6 is 0 Å². The largest absolute Gasteiger partial charge is 0.395 e. The van der Waals surface area contributed by atoms with E-state index in [1.807, 2.05) is 6.92 Å². The first-order valence-electron chi connectivity index (χ1n) is 5.31. The van der Waals surface area contributed by atoms with Crippen molar-refractivity contribution >= 4 is 5.65 Å². The van der Waals surface area contributed by atoms with Gasteiger partial charge in [-0.15, -0.1) is 0 Å². The van der Waals surface area contributed by atoms with Gasteiger partial charge in [0.1, 0.15) is 5.65 Å². The first-order chi connectivity index (χ1) is 7.80. The summed E-state index contributed by atoms with van der Waals surface area (Å²) in [5.41, 5.74) is 2.42. The Balaban J connectivity index is 2.61. The molecule has 2 aromatic rings. The van der Waals surface area contributed by atoms with E-state index in [2.05, 4.69) is 4.98 Å². The van der Waals surface area contributed by atoms with Gasteiger partial charge >= 0.3 is 6.18 Å². The van der Waals surface area contributed by atoms with Crippen LogP contribution in [0.1, 0.15) is 29.7 Å². The fourth-order valence-corrected chi connectivity index (χ4v) is 1.89. The summed E-state index contributed by atoms with van der Waals surface area (Å²) in [5, 5.41) is 0. The average Bonchev–Trinajstić information content (AvgIpc) is 2.56. The molecule has 0 fully saturated rings. The van der Waals surface area contributed by atoms with Gasteiger partial charge in [-0.25, -0.2) is 4.98 Å². The van der Waals surface area contributed by atoms with E-state index in [-0.39, 0.29) is 0 Å². The van der Waals surface area contributed by atoms with Crippen LogP contribution < -0.4 is 0 Å². The van der Waals surface area contributed by atoms with Crippen molar-refractivity contribution in [1.29, 1.82) is 0 Å². The first kappa shape index (κ1) is 12.0. The number of nitrogens with zero attached hydrogens (tertiary/aromatic N) is 2. The molecule has 0 amide bonds. The highest BCUT2D eigenvalue weighted by Gasteiger charge is 2.38. The van der Waals surface area contributed by atoms with E-state index in [9.17, 15) is 13.2 Å². The number of pyridine rings is 1. The van der Waals surface area contributed by atoms with E-state index in [0.717, 1.165) is 5.69 Å². The lowest BCUT2D eigenvalue weighted by molar-refractivity contribution is -0.146. The van der Waals surface area contributed by atoms with Crippen LogP contribution in [0.2, 0.25) is 0 Å². The highest BCUT2D eigenvalue weighted by atomic mass is 19.4. The third-order valence-corrected chi connectivity index (χ3v) is 3.04. The van der Waals surface area contributed by atoms with Crippen molar-refractivity contribution in [1.82, 2.24) is 9.38 Å². The summed E-state index contributed by atoms with van der Waals surface area (Å²) in [6.45, 7) is 4.68. The molecule has 0 aliphatic heterocycles. The van der Waals surface area contributed by atoms with Gasteiger partial charge < -0.3 is 4.40 Å². The third-order valence-electron chi connectivity index (χ3n) is 3.04. The van der Waals surface area contributed by atoms with Crippen molar-refractivity contribution in [2.75, 3.05) is 0 Å². The summed E-state index contributed by atoms with van der Waals surface area (Å²) in [4.78, 5) is 4.12. The normalized spacial score (nSPS) is 14.2. The van der Waals surface area contributed by atoms with Gasteiger partial charge in [-0.3, -0.25) is 0 Å². The van der Waals surface area contributed by atoms with Gasteiger partial charge in [-0.05, 0) is 38.0 Å². The SMILES string of the molecule is Cc1cc2ncc(C)n2cc1C(C)C(F)(F)F. The number of fused-ring (bicyclic) bond motifs is 1. The smallest absolute Gasteiger partial charge is 0.304 e. The van der Waals surface area contributed by atoms with Crippen LogP contribution in [0, 0.1) is 13.8 Å². The van der Waals surface area contributed by atoms with Gasteiger partial charge in [0, 0.05) is 18.1 Å². The van der Waals surface area contributed by atoms with Crippen LogP contribution in [0.3, 0.4) is 0 Å². The predicted octanol–water partition coefficient (Wildman–Crippen LogP) is 3.62. The monoisotopic (exact) mass is 242 g/mol. The van der Waals surface area contributed by atoms with Gasteiger partial charge in [0.05, 0.1) is 5.92 Å². The highest BCUT2D eigenvalue weighted by Crippen LogP contribution is 2.35. The second kappa shape index (κ2) is 3.75. The Morgan fingerprint density at radius 1 is 1.29 bits per heavy atom. The molecule has 1 atom stereocenters. The molecule has 92 valence electrons. The molecule has 2 rings (SSSR count). The maximum atomic E-state index is 12.7. The molecule has 0 radical (unpaired) electrons. The zero-order valence-corrected chi connectivity index (χ0v) is 9.84. The van der Waals surface area contributed by atoms with Crippen LogP contribution in [0.15, 0.2) is 18.5 Å². The van der Waals surface area contributed by atoms with E-state index >= 15 is 0 Å². The summed E-state index contributed by atoms with van der Waals surface area (Å²) in [6, 6.07) is 1.69. The van der Waals surface area contributed by atoms with E-state index in [4.69, 9.17) is 0 Å². The molecular formula is C12H13F3N2. The fraction of sp³-hybridized carbons (Fsp3) is 0.417. The molecule has 2 heterocycles. The van der Waals surface area contributed by atoms with Crippen LogP contribution in [-0.2, 0) is 0 Å². The summed E-state index contributed by atoms with van der Waals surface area (Å²) in [7, 11) is 0. The predicted molar refractivity (Wildman–Crippen MR) is 59.1 cm³/mol. The Labute approximate surface area is 97.1 Å². The molecule has 2 aromatic heterocycles. The topological polar surface area (TPSA) is 17.3 Å².